The number of hydrogen-bond donors (Lipinski definition) is 2. The maximum absolute atomic E-state index is 11.9. The number of nitrogens with one attached hydrogen (secondary N) is 2. The molecular weight excluding hydrogens is 268 g/mol. The van der Waals surface area contributed by atoms with Crippen LogP contribution in [0, 0.1) is 0 Å². The van der Waals surface area contributed by atoms with Gasteiger partial charge in [0, 0.05) is 6.61 Å². The van der Waals surface area contributed by atoms with E-state index in [1.807, 2.05) is 0 Å². The number of rotatable bonds is 4. The smallest absolute Gasteiger partial charge is 0.253 e. The summed E-state index contributed by atoms with van der Waals surface area (Å²) in [5, 5.41) is 5.39. The van der Waals surface area contributed by atoms with E-state index >= 15 is 0 Å². The molecule has 0 spiro atoms. The molecule has 102 valence electrons. The average Bonchev–Trinajstić information content (AvgIpc) is 2.95. The lowest BCUT2D eigenvalue weighted by molar-refractivity contribution is -0.124. The lowest BCUT2D eigenvalue weighted by Crippen LogP contribution is -2.27. The Morgan fingerprint density at radius 1 is 1.26 bits per heavy atom. The van der Waals surface area contributed by atoms with Crippen molar-refractivity contribution >= 4 is 34.8 Å². The van der Waals surface area contributed by atoms with Gasteiger partial charge in [0.25, 0.3) is 5.91 Å². The van der Waals surface area contributed by atoms with Crippen LogP contribution in [0.1, 0.15) is 12.8 Å². The summed E-state index contributed by atoms with van der Waals surface area (Å²) in [6.07, 6.45) is 1.21. The second-order valence-electron chi connectivity index (χ2n) is 4.22. The molecule has 0 saturated carbocycles. The molecule has 1 unspecified atom stereocenters. The highest BCUT2D eigenvalue weighted by Crippen LogP contribution is 2.22. The van der Waals surface area contributed by atoms with E-state index in [4.69, 9.17) is 16.3 Å². The van der Waals surface area contributed by atoms with Crippen LogP contribution in [-0.2, 0) is 14.3 Å². The maximum Gasteiger partial charge on any atom is 0.253 e. The summed E-state index contributed by atoms with van der Waals surface area (Å²) in [7, 11) is 0. The second-order valence-corrected chi connectivity index (χ2v) is 4.49. The monoisotopic (exact) mass is 282 g/mol. The van der Waals surface area contributed by atoms with Gasteiger partial charge in [-0.2, -0.15) is 0 Å². The number of amides is 2. The van der Waals surface area contributed by atoms with Crippen molar-refractivity contribution in [2.45, 2.75) is 18.9 Å². The number of carbonyl (C=O) groups excluding carboxylic acids is 2. The molecule has 0 radical (unpaired) electrons. The molecule has 6 heteroatoms. The fourth-order valence-electron chi connectivity index (χ4n) is 1.88. The van der Waals surface area contributed by atoms with Crippen molar-refractivity contribution in [3.63, 3.8) is 0 Å². The summed E-state index contributed by atoms with van der Waals surface area (Å²) in [6, 6.07) is 6.97. The summed E-state index contributed by atoms with van der Waals surface area (Å²) < 4.78 is 5.31. The molecule has 1 heterocycles. The number of alkyl halides is 1. The molecule has 1 aliphatic heterocycles. The Kier molecular flexibility index (Phi) is 4.76. The van der Waals surface area contributed by atoms with E-state index < -0.39 is 6.10 Å². The van der Waals surface area contributed by atoms with Crippen LogP contribution in [0.2, 0.25) is 0 Å². The van der Waals surface area contributed by atoms with Crippen molar-refractivity contribution in [2.24, 2.45) is 0 Å². The summed E-state index contributed by atoms with van der Waals surface area (Å²) >= 11 is 5.44. The van der Waals surface area contributed by atoms with Gasteiger partial charge in [-0.15, -0.1) is 11.6 Å². The SMILES string of the molecule is O=C(CCl)Nc1ccccc1NC(=O)C1CCCO1. The van der Waals surface area contributed by atoms with Gasteiger partial charge in [0.15, 0.2) is 0 Å². The standard InChI is InChI=1S/C13H15ClN2O3/c14-8-12(17)15-9-4-1-2-5-10(9)16-13(18)11-6-3-7-19-11/h1-2,4-5,11H,3,6-8H2,(H,15,17)(H,16,18). The number of carbonyl (C=O) groups is 2. The third kappa shape index (κ3) is 3.68. The predicted octanol–water partition coefficient (Wildman–Crippen LogP) is 1.98. The maximum atomic E-state index is 11.9. The quantitative estimate of drug-likeness (QED) is 0.830. The van der Waals surface area contributed by atoms with Gasteiger partial charge >= 0.3 is 0 Å². The topological polar surface area (TPSA) is 67.4 Å². The largest absolute Gasteiger partial charge is 0.368 e. The molecule has 5 nitrogen and oxygen atoms in total. The number of halogens is 1. The zero-order chi connectivity index (χ0) is 13.7. The van der Waals surface area contributed by atoms with Gasteiger partial charge in [0.1, 0.15) is 12.0 Å². The van der Waals surface area contributed by atoms with Gasteiger partial charge in [-0.3, -0.25) is 9.59 Å². The number of benzene rings is 1. The molecule has 1 aromatic carbocycles. The van der Waals surface area contributed by atoms with Crippen molar-refractivity contribution in [3.8, 4) is 0 Å². The average molecular weight is 283 g/mol. The molecule has 1 fully saturated rings. The first-order valence-electron chi connectivity index (χ1n) is 6.08. The van der Waals surface area contributed by atoms with Crippen molar-refractivity contribution in [1.82, 2.24) is 0 Å². The molecule has 1 saturated heterocycles. The zero-order valence-electron chi connectivity index (χ0n) is 10.3. The molecular formula is C13H15ClN2O3. The minimum atomic E-state index is -0.406. The van der Waals surface area contributed by atoms with E-state index in [1.54, 1.807) is 24.3 Å². The Balaban J connectivity index is 2.06. The first-order valence-corrected chi connectivity index (χ1v) is 6.61. The number of anilines is 2. The van der Waals surface area contributed by atoms with Crippen LogP contribution < -0.4 is 10.6 Å². The third-order valence-electron chi connectivity index (χ3n) is 2.80. The molecule has 2 N–H and O–H groups in total. The molecule has 19 heavy (non-hydrogen) atoms. The lowest BCUT2D eigenvalue weighted by Gasteiger charge is -2.14. The number of hydrogen-bond acceptors (Lipinski definition) is 3. The minimum Gasteiger partial charge on any atom is -0.368 e. The molecule has 0 aromatic heterocycles. The number of ether oxygens (including phenoxy) is 1. The Morgan fingerprint density at radius 3 is 2.53 bits per heavy atom. The Labute approximate surface area is 116 Å². The van der Waals surface area contributed by atoms with Gasteiger partial charge in [-0.1, -0.05) is 12.1 Å². The molecule has 1 aromatic rings. The molecule has 2 rings (SSSR count). The lowest BCUT2D eigenvalue weighted by atomic mass is 10.2. The van der Waals surface area contributed by atoms with Crippen LogP contribution >= 0.6 is 11.6 Å². The van der Waals surface area contributed by atoms with Crippen LogP contribution in [0.25, 0.3) is 0 Å². The van der Waals surface area contributed by atoms with Crippen molar-refractivity contribution in [2.75, 3.05) is 23.1 Å². The fourth-order valence-corrected chi connectivity index (χ4v) is 1.95. The highest BCUT2D eigenvalue weighted by Gasteiger charge is 2.24. The first-order chi connectivity index (χ1) is 9.20. The predicted molar refractivity (Wildman–Crippen MR) is 73.4 cm³/mol. The molecule has 2 amide bonds. The normalized spacial score (nSPS) is 18.1. The minimum absolute atomic E-state index is 0.131. The van der Waals surface area contributed by atoms with Crippen LogP contribution in [0.3, 0.4) is 0 Å². The van der Waals surface area contributed by atoms with Gasteiger partial charge in [0.2, 0.25) is 5.91 Å². The molecule has 1 atom stereocenters. The van der Waals surface area contributed by atoms with E-state index in [9.17, 15) is 9.59 Å². The highest BCUT2D eigenvalue weighted by molar-refractivity contribution is 6.29. The van der Waals surface area contributed by atoms with Gasteiger partial charge in [-0.05, 0) is 25.0 Å². The van der Waals surface area contributed by atoms with E-state index in [1.165, 1.54) is 0 Å². The molecule has 0 aliphatic carbocycles. The fraction of sp³-hybridized carbons (Fsp3) is 0.385. The van der Waals surface area contributed by atoms with E-state index in [0.29, 0.717) is 18.0 Å². The second kappa shape index (κ2) is 6.54. The van der Waals surface area contributed by atoms with Crippen molar-refractivity contribution in [3.05, 3.63) is 24.3 Å². The van der Waals surface area contributed by atoms with Crippen LogP contribution in [0.15, 0.2) is 24.3 Å². The number of para-hydroxylation sites is 2. The van der Waals surface area contributed by atoms with Gasteiger partial charge in [-0.25, -0.2) is 0 Å². The van der Waals surface area contributed by atoms with Crippen molar-refractivity contribution < 1.29 is 14.3 Å². The molecule has 0 bridgehead atoms. The summed E-state index contributed by atoms with van der Waals surface area (Å²) in [5.74, 6) is -0.640. The Bertz CT molecular complexity index is 473. The Morgan fingerprint density at radius 2 is 1.95 bits per heavy atom. The van der Waals surface area contributed by atoms with Gasteiger partial charge in [0.05, 0.1) is 11.4 Å². The Hall–Kier alpha value is -1.59. The van der Waals surface area contributed by atoms with E-state index in [0.717, 1.165) is 12.8 Å². The van der Waals surface area contributed by atoms with E-state index in [2.05, 4.69) is 10.6 Å². The van der Waals surface area contributed by atoms with Crippen LogP contribution in [-0.4, -0.2) is 30.4 Å². The van der Waals surface area contributed by atoms with Crippen LogP contribution in [0.4, 0.5) is 11.4 Å². The summed E-state index contributed by atoms with van der Waals surface area (Å²) in [4.78, 5) is 23.2. The van der Waals surface area contributed by atoms with Crippen molar-refractivity contribution in [1.29, 1.82) is 0 Å². The summed E-state index contributed by atoms with van der Waals surface area (Å²) in [6.45, 7) is 0.614. The van der Waals surface area contributed by atoms with Crippen LogP contribution in [0.5, 0.6) is 0 Å². The van der Waals surface area contributed by atoms with Gasteiger partial charge < -0.3 is 15.4 Å². The first kappa shape index (κ1) is 13.8. The highest BCUT2D eigenvalue weighted by atomic mass is 35.5. The molecule has 1 aliphatic rings. The zero-order valence-corrected chi connectivity index (χ0v) is 11.1. The third-order valence-corrected chi connectivity index (χ3v) is 3.05. The van der Waals surface area contributed by atoms with E-state index in [-0.39, 0.29) is 17.7 Å². The summed E-state index contributed by atoms with van der Waals surface area (Å²) in [5.41, 5.74) is 1.07.